The summed E-state index contributed by atoms with van der Waals surface area (Å²) in [6, 6.07) is 3.76. The zero-order valence-electron chi connectivity index (χ0n) is 11.0. The largest absolute Gasteiger partial charge is 0.337 e. The third kappa shape index (κ3) is 3.82. The Kier molecular flexibility index (Phi) is 5.15. The predicted molar refractivity (Wildman–Crippen MR) is 72.9 cm³/mol. The highest BCUT2D eigenvalue weighted by molar-refractivity contribution is 7.10. The van der Waals surface area contributed by atoms with E-state index >= 15 is 0 Å². The number of carbonyl (C=O) groups is 1. The van der Waals surface area contributed by atoms with E-state index in [1.807, 2.05) is 31.5 Å². The minimum atomic E-state index is -0.387. The van der Waals surface area contributed by atoms with Gasteiger partial charge in [-0.1, -0.05) is 19.9 Å². The molecule has 1 aromatic rings. The Hall–Kier alpha value is -0.870. The fourth-order valence-corrected chi connectivity index (χ4v) is 2.61. The Labute approximate surface area is 108 Å². The number of nitrogens with zero attached hydrogens (tertiary/aromatic N) is 1. The van der Waals surface area contributed by atoms with Crippen LogP contribution in [0.4, 0.5) is 0 Å². The Bertz CT molecular complexity index is 348. The molecule has 0 spiro atoms. The van der Waals surface area contributed by atoms with E-state index in [1.165, 1.54) is 4.88 Å². The van der Waals surface area contributed by atoms with Gasteiger partial charge in [0.05, 0.1) is 12.1 Å². The van der Waals surface area contributed by atoms with Gasteiger partial charge < -0.3 is 10.6 Å². The minimum Gasteiger partial charge on any atom is -0.337 e. The van der Waals surface area contributed by atoms with Crippen molar-refractivity contribution < 1.29 is 4.79 Å². The van der Waals surface area contributed by atoms with Crippen molar-refractivity contribution in [1.82, 2.24) is 4.90 Å². The number of rotatable bonds is 5. The van der Waals surface area contributed by atoms with Crippen molar-refractivity contribution in [3.63, 3.8) is 0 Å². The Balaban J connectivity index is 2.63. The summed E-state index contributed by atoms with van der Waals surface area (Å²) in [7, 11) is 1.83. The van der Waals surface area contributed by atoms with E-state index in [4.69, 9.17) is 5.73 Å². The van der Waals surface area contributed by atoms with Crippen LogP contribution in [0, 0.1) is 5.92 Å². The molecule has 2 N–H and O–H groups in total. The maximum atomic E-state index is 12.1. The number of thiophene rings is 1. The summed E-state index contributed by atoms with van der Waals surface area (Å²) in [5.41, 5.74) is 5.92. The Morgan fingerprint density at radius 2 is 2.12 bits per heavy atom. The second kappa shape index (κ2) is 6.17. The second-order valence-electron chi connectivity index (χ2n) is 4.88. The molecule has 1 heterocycles. The van der Waals surface area contributed by atoms with Crippen LogP contribution < -0.4 is 5.73 Å². The number of amides is 1. The first-order valence-corrected chi connectivity index (χ1v) is 6.87. The van der Waals surface area contributed by atoms with Gasteiger partial charge in [-0.3, -0.25) is 4.79 Å². The summed E-state index contributed by atoms with van der Waals surface area (Å²) >= 11 is 1.67. The Morgan fingerprint density at radius 1 is 1.47 bits per heavy atom. The third-order valence-corrected chi connectivity index (χ3v) is 3.97. The molecule has 2 atom stereocenters. The molecule has 4 heteroatoms. The lowest BCUT2D eigenvalue weighted by Crippen LogP contribution is -2.43. The van der Waals surface area contributed by atoms with Crippen LogP contribution in [0.15, 0.2) is 17.5 Å². The molecule has 1 amide bonds. The average molecular weight is 254 g/mol. The van der Waals surface area contributed by atoms with Crippen molar-refractivity contribution in [2.75, 3.05) is 7.05 Å². The van der Waals surface area contributed by atoms with Gasteiger partial charge in [-0.25, -0.2) is 0 Å². The number of hydrogen-bond acceptors (Lipinski definition) is 3. The molecular weight excluding hydrogens is 232 g/mol. The van der Waals surface area contributed by atoms with Crippen LogP contribution in [-0.4, -0.2) is 23.9 Å². The van der Waals surface area contributed by atoms with E-state index in [2.05, 4.69) is 13.8 Å². The summed E-state index contributed by atoms with van der Waals surface area (Å²) < 4.78 is 0. The van der Waals surface area contributed by atoms with Crippen LogP contribution in [0.25, 0.3) is 0 Å². The molecule has 0 radical (unpaired) electrons. The predicted octanol–water partition coefficient (Wildman–Crippen LogP) is 2.64. The topological polar surface area (TPSA) is 46.3 Å². The van der Waals surface area contributed by atoms with E-state index in [0.717, 1.165) is 6.42 Å². The molecule has 0 saturated heterocycles. The van der Waals surface area contributed by atoms with Gasteiger partial charge in [-0.15, -0.1) is 11.3 Å². The highest BCUT2D eigenvalue weighted by Gasteiger charge is 2.23. The zero-order chi connectivity index (χ0) is 13.0. The van der Waals surface area contributed by atoms with E-state index < -0.39 is 0 Å². The molecule has 1 rings (SSSR count). The van der Waals surface area contributed by atoms with Crippen molar-refractivity contribution in [1.29, 1.82) is 0 Å². The SMILES string of the molecule is CC(C)CC(N)C(=O)N(C)C(C)c1cccs1. The van der Waals surface area contributed by atoms with Gasteiger partial charge in [0, 0.05) is 11.9 Å². The lowest BCUT2D eigenvalue weighted by molar-refractivity contribution is -0.133. The van der Waals surface area contributed by atoms with Crippen LogP contribution in [-0.2, 0) is 4.79 Å². The second-order valence-corrected chi connectivity index (χ2v) is 5.86. The standard InChI is InChI=1S/C13H22N2OS/c1-9(2)8-11(14)13(16)15(4)10(3)12-6-5-7-17-12/h5-7,9-11H,8,14H2,1-4H3. The molecule has 0 bridgehead atoms. The molecule has 0 aromatic carbocycles. The molecular formula is C13H22N2OS. The van der Waals surface area contributed by atoms with Gasteiger partial charge in [-0.2, -0.15) is 0 Å². The van der Waals surface area contributed by atoms with E-state index in [0.29, 0.717) is 5.92 Å². The maximum Gasteiger partial charge on any atom is 0.239 e. The monoisotopic (exact) mass is 254 g/mol. The number of nitrogens with two attached hydrogens (primary N) is 1. The molecule has 1 aromatic heterocycles. The normalized spacial score (nSPS) is 14.7. The summed E-state index contributed by atoms with van der Waals surface area (Å²) in [5.74, 6) is 0.471. The van der Waals surface area contributed by atoms with Gasteiger partial charge in [0.1, 0.15) is 0 Å². The first-order valence-electron chi connectivity index (χ1n) is 5.99. The molecule has 0 aliphatic carbocycles. The molecule has 17 heavy (non-hydrogen) atoms. The van der Waals surface area contributed by atoms with Crippen LogP contribution in [0.3, 0.4) is 0 Å². The highest BCUT2D eigenvalue weighted by Crippen LogP contribution is 2.24. The molecule has 96 valence electrons. The average Bonchev–Trinajstić information content (AvgIpc) is 2.78. The van der Waals surface area contributed by atoms with Gasteiger partial charge in [0.15, 0.2) is 0 Å². The van der Waals surface area contributed by atoms with Crippen LogP contribution >= 0.6 is 11.3 Å². The number of carbonyl (C=O) groups excluding carboxylic acids is 1. The van der Waals surface area contributed by atoms with Crippen molar-refractivity contribution in [3.8, 4) is 0 Å². The summed E-state index contributed by atoms with van der Waals surface area (Å²) in [6.07, 6.45) is 0.736. The molecule has 2 unspecified atom stereocenters. The van der Waals surface area contributed by atoms with Gasteiger partial charge >= 0.3 is 0 Å². The van der Waals surface area contributed by atoms with Crippen LogP contribution in [0.2, 0.25) is 0 Å². The fourth-order valence-electron chi connectivity index (χ4n) is 1.78. The number of hydrogen-bond donors (Lipinski definition) is 1. The summed E-state index contributed by atoms with van der Waals surface area (Å²) in [5, 5.41) is 2.03. The van der Waals surface area contributed by atoms with E-state index in [-0.39, 0.29) is 18.0 Å². The number of likely N-dealkylation sites (N-methyl/N-ethyl adjacent to an activating group) is 1. The first kappa shape index (κ1) is 14.2. The quantitative estimate of drug-likeness (QED) is 0.878. The third-order valence-electron chi connectivity index (χ3n) is 2.93. The van der Waals surface area contributed by atoms with Gasteiger partial charge in [0.25, 0.3) is 0 Å². The van der Waals surface area contributed by atoms with E-state index in [9.17, 15) is 4.79 Å². The molecule has 0 saturated carbocycles. The molecule has 3 nitrogen and oxygen atoms in total. The van der Waals surface area contributed by atoms with E-state index in [1.54, 1.807) is 16.2 Å². The van der Waals surface area contributed by atoms with Crippen molar-refractivity contribution in [3.05, 3.63) is 22.4 Å². The lowest BCUT2D eigenvalue weighted by Gasteiger charge is -2.27. The van der Waals surface area contributed by atoms with Gasteiger partial charge in [-0.05, 0) is 30.7 Å². The van der Waals surface area contributed by atoms with Crippen molar-refractivity contribution in [2.24, 2.45) is 11.7 Å². The summed E-state index contributed by atoms with van der Waals surface area (Å²) in [4.78, 5) is 15.1. The smallest absolute Gasteiger partial charge is 0.239 e. The van der Waals surface area contributed by atoms with Gasteiger partial charge in [0.2, 0.25) is 5.91 Å². The molecule has 0 aliphatic rings. The highest BCUT2D eigenvalue weighted by atomic mass is 32.1. The molecule has 0 fully saturated rings. The van der Waals surface area contributed by atoms with Crippen LogP contribution in [0.5, 0.6) is 0 Å². The zero-order valence-corrected chi connectivity index (χ0v) is 11.8. The van der Waals surface area contributed by atoms with Crippen LogP contribution in [0.1, 0.15) is 38.1 Å². The summed E-state index contributed by atoms with van der Waals surface area (Å²) in [6.45, 7) is 6.19. The first-order chi connectivity index (χ1) is 7.93. The Morgan fingerprint density at radius 3 is 2.59 bits per heavy atom. The fraction of sp³-hybridized carbons (Fsp3) is 0.615. The maximum absolute atomic E-state index is 12.1. The lowest BCUT2D eigenvalue weighted by atomic mass is 10.0. The molecule has 0 aliphatic heterocycles. The minimum absolute atomic E-state index is 0.0274. The van der Waals surface area contributed by atoms with Crippen molar-refractivity contribution in [2.45, 2.75) is 39.3 Å². The van der Waals surface area contributed by atoms with Crippen molar-refractivity contribution >= 4 is 17.2 Å².